The van der Waals surface area contributed by atoms with E-state index in [2.05, 4.69) is 12.1 Å². The van der Waals surface area contributed by atoms with Gasteiger partial charge in [0, 0.05) is 5.02 Å². The van der Waals surface area contributed by atoms with E-state index in [9.17, 15) is 4.39 Å². The Bertz CT molecular complexity index is 538. The fraction of sp³-hybridized carbons (Fsp3) is 0.778. The van der Waals surface area contributed by atoms with Crippen molar-refractivity contribution in [2.24, 2.45) is 17.8 Å². The number of unbranched alkanes of at least 4 members (excludes halogenated alkanes) is 4. The molecule has 0 amide bonds. The Balaban J connectivity index is 1.23. The number of rotatable bonds is 11. The topological polar surface area (TPSA) is 0 Å². The molecule has 1 aromatic carbocycles. The van der Waals surface area contributed by atoms with Crippen LogP contribution < -0.4 is 0 Å². The van der Waals surface area contributed by atoms with E-state index in [1.54, 1.807) is 0 Å². The molecule has 0 bridgehead atoms. The number of halogens is 2. The van der Waals surface area contributed by atoms with Crippen LogP contribution in [0, 0.1) is 17.8 Å². The summed E-state index contributed by atoms with van der Waals surface area (Å²) in [7, 11) is 0. The van der Waals surface area contributed by atoms with Gasteiger partial charge in [0.15, 0.2) is 0 Å². The van der Waals surface area contributed by atoms with Crippen molar-refractivity contribution in [2.75, 3.05) is 6.67 Å². The van der Waals surface area contributed by atoms with Crippen LogP contribution in [0.15, 0.2) is 24.3 Å². The zero-order valence-corrected chi connectivity index (χ0v) is 19.2. The van der Waals surface area contributed by atoms with Crippen molar-refractivity contribution in [3.63, 3.8) is 0 Å². The molecule has 0 atom stereocenters. The van der Waals surface area contributed by atoms with Crippen molar-refractivity contribution < 1.29 is 4.39 Å². The minimum atomic E-state index is -0.131. The summed E-state index contributed by atoms with van der Waals surface area (Å²) in [6.07, 6.45) is 21.6. The predicted molar refractivity (Wildman–Crippen MR) is 125 cm³/mol. The van der Waals surface area contributed by atoms with Crippen LogP contribution in [0.3, 0.4) is 0 Å². The largest absolute Gasteiger partial charge is 0.251 e. The SMILES string of the molecule is FCCCCCCC[C@H]1CC[C@H](CC[C@H]2CC[C@H](c3ccc(Cl)cc3)CC2)CC1. The van der Waals surface area contributed by atoms with Gasteiger partial charge < -0.3 is 0 Å². The van der Waals surface area contributed by atoms with Crippen molar-refractivity contribution in [2.45, 2.75) is 109 Å². The molecule has 0 saturated heterocycles. The molecular weight excluding hydrogens is 379 g/mol. The molecule has 0 aliphatic heterocycles. The first-order valence-corrected chi connectivity index (χ1v) is 12.9. The molecule has 0 spiro atoms. The fourth-order valence-corrected chi connectivity index (χ4v) is 5.98. The summed E-state index contributed by atoms with van der Waals surface area (Å²) in [5.41, 5.74) is 1.49. The maximum absolute atomic E-state index is 12.1. The zero-order chi connectivity index (χ0) is 20.3. The van der Waals surface area contributed by atoms with Gasteiger partial charge in [0.1, 0.15) is 0 Å². The third kappa shape index (κ3) is 8.23. The Kier molecular flexibility index (Phi) is 10.3. The lowest BCUT2D eigenvalue weighted by atomic mass is 9.74. The average Bonchev–Trinajstić information content (AvgIpc) is 2.76. The molecule has 2 saturated carbocycles. The second-order valence-electron chi connectivity index (χ2n) is 9.98. The Morgan fingerprint density at radius 3 is 1.69 bits per heavy atom. The van der Waals surface area contributed by atoms with Crippen LogP contribution in [0.2, 0.25) is 5.02 Å². The Morgan fingerprint density at radius 2 is 1.10 bits per heavy atom. The lowest BCUT2D eigenvalue weighted by Crippen LogP contribution is -2.17. The minimum Gasteiger partial charge on any atom is -0.251 e. The van der Waals surface area contributed by atoms with Gasteiger partial charge in [0.2, 0.25) is 0 Å². The van der Waals surface area contributed by atoms with Gasteiger partial charge >= 0.3 is 0 Å². The highest BCUT2D eigenvalue weighted by atomic mass is 35.5. The fourth-order valence-electron chi connectivity index (χ4n) is 5.86. The second kappa shape index (κ2) is 13.0. The van der Waals surface area contributed by atoms with Crippen LogP contribution in [-0.2, 0) is 0 Å². The molecule has 0 aromatic heterocycles. The summed E-state index contributed by atoms with van der Waals surface area (Å²) in [5, 5.41) is 0.853. The predicted octanol–water partition coefficient (Wildman–Crippen LogP) is 9.51. The summed E-state index contributed by atoms with van der Waals surface area (Å²) < 4.78 is 12.1. The van der Waals surface area contributed by atoms with Crippen LogP contribution in [0.25, 0.3) is 0 Å². The first-order chi connectivity index (χ1) is 14.2. The van der Waals surface area contributed by atoms with Crippen LogP contribution in [-0.4, -0.2) is 6.67 Å². The van der Waals surface area contributed by atoms with E-state index < -0.39 is 0 Å². The van der Waals surface area contributed by atoms with Crippen LogP contribution in [0.4, 0.5) is 4.39 Å². The van der Waals surface area contributed by atoms with E-state index in [1.165, 1.54) is 95.5 Å². The zero-order valence-electron chi connectivity index (χ0n) is 18.4. The number of benzene rings is 1. The molecule has 164 valence electrons. The molecule has 1 aromatic rings. The minimum absolute atomic E-state index is 0.131. The maximum Gasteiger partial charge on any atom is 0.0894 e. The number of hydrogen-bond donors (Lipinski definition) is 0. The summed E-state index contributed by atoms with van der Waals surface area (Å²) in [6, 6.07) is 8.56. The molecule has 2 fully saturated rings. The second-order valence-corrected chi connectivity index (χ2v) is 10.4. The van der Waals surface area contributed by atoms with Gasteiger partial charge in [-0.3, -0.25) is 4.39 Å². The highest BCUT2D eigenvalue weighted by Gasteiger charge is 2.25. The first kappa shape index (κ1) is 23.1. The molecule has 2 aliphatic rings. The maximum atomic E-state index is 12.1. The van der Waals surface area contributed by atoms with Crippen molar-refractivity contribution in [3.05, 3.63) is 34.9 Å². The molecule has 2 heteroatoms. The average molecular weight is 421 g/mol. The van der Waals surface area contributed by atoms with Crippen molar-refractivity contribution in [3.8, 4) is 0 Å². The Morgan fingerprint density at radius 1 is 0.621 bits per heavy atom. The van der Waals surface area contributed by atoms with Crippen molar-refractivity contribution in [1.29, 1.82) is 0 Å². The van der Waals surface area contributed by atoms with Gasteiger partial charge in [-0.2, -0.15) is 0 Å². The molecule has 2 aliphatic carbocycles. The molecule has 0 heterocycles. The van der Waals surface area contributed by atoms with Crippen LogP contribution in [0.1, 0.15) is 114 Å². The van der Waals surface area contributed by atoms with E-state index >= 15 is 0 Å². The third-order valence-electron chi connectivity index (χ3n) is 7.88. The molecule has 0 radical (unpaired) electrons. The van der Waals surface area contributed by atoms with Gasteiger partial charge in [-0.05, 0) is 73.5 Å². The molecule has 0 N–H and O–H groups in total. The smallest absolute Gasteiger partial charge is 0.0894 e. The highest BCUT2D eigenvalue weighted by molar-refractivity contribution is 6.30. The van der Waals surface area contributed by atoms with E-state index in [1.807, 2.05) is 12.1 Å². The van der Waals surface area contributed by atoms with Gasteiger partial charge in [-0.1, -0.05) is 94.4 Å². The Labute approximate surface area is 184 Å². The van der Waals surface area contributed by atoms with E-state index in [0.29, 0.717) is 0 Å². The lowest BCUT2D eigenvalue weighted by molar-refractivity contribution is 0.222. The van der Waals surface area contributed by atoms with Crippen molar-refractivity contribution in [1.82, 2.24) is 0 Å². The van der Waals surface area contributed by atoms with Crippen molar-refractivity contribution >= 4 is 11.6 Å². The van der Waals surface area contributed by atoms with E-state index in [0.717, 1.165) is 41.5 Å². The quantitative estimate of drug-likeness (QED) is 0.312. The van der Waals surface area contributed by atoms with E-state index in [4.69, 9.17) is 11.6 Å². The number of hydrogen-bond acceptors (Lipinski definition) is 0. The Hall–Kier alpha value is -0.560. The normalized spacial score (nSPS) is 27.8. The van der Waals surface area contributed by atoms with Gasteiger partial charge in [-0.25, -0.2) is 0 Å². The first-order valence-electron chi connectivity index (χ1n) is 12.6. The highest BCUT2D eigenvalue weighted by Crippen LogP contribution is 2.40. The monoisotopic (exact) mass is 420 g/mol. The van der Waals surface area contributed by atoms with E-state index in [-0.39, 0.29) is 6.67 Å². The molecule has 29 heavy (non-hydrogen) atoms. The third-order valence-corrected chi connectivity index (χ3v) is 8.14. The summed E-state index contributed by atoms with van der Waals surface area (Å²) in [5.74, 6) is 3.73. The van der Waals surface area contributed by atoms with Gasteiger partial charge in [0.25, 0.3) is 0 Å². The summed E-state index contributed by atoms with van der Waals surface area (Å²) in [6.45, 7) is -0.131. The summed E-state index contributed by atoms with van der Waals surface area (Å²) >= 11 is 6.03. The van der Waals surface area contributed by atoms with Gasteiger partial charge in [0.05, 0.1) is 6.67 Å². The van der Waals surface area contributed by atoms with Crippen LogP contribution >= 0.6 is 11.6 Å². The lowest BCUT2D eigenvalue weighted by Gasteiger charge is -2.32. The number of alkyl halides is 1. The molecule has 0 unspecified atom stereocenters. The standard InChI is InChI=1S/C27H42ClF/c28-27-19-17-26(18-20-27)25-15-13-24(14-16-25)12-11-23-9-7-22(8-10-23)6-4-2-1-3-5-21-29/h17-20,22-25H,1-16,21H2/t22-,23-,24-,25-. The van der Waals surface area contributed by atoms with Gasteiger partial charge in [-0.15, -0.1) is 0 Å². The summed E-state index contributed by atoms with van der Waals surface area (Å²) in [4.78, 5) is 0. The molecule has 3 rings (SSSR count). The van der Waals surface area contributed by atoms with Crippen LogP contribution in [0.5, 0.6) is 0 Å². The molecule has 0 nitrogen and oxygen atoms in total. The molecular formula is C27H42ClF.